The highest BCUT2D eigenvalue weighted by Gasteiger charge is 2.38. The van der Waals surface area contributed by atoms with Gasteiger partial charge in [0.25, 0.3) is 0 Å². The molecule has 0 radical (unpaired) electrons. The largest absolute Gasteiger partial charge is 0.277 e. The Balaban J connectivity index is 0.00000136. The summed E-state index contributed by atoms with van der Waals surface area (Å²) in [7, 11) is 0. The summed E-state index contributed by atoms with van der Waals surface area (Å²) in [5.41, 5.74) is 11.5. The fraction of sp³-hybridized carbons (Fsp3) is 0.105. The van der Waals surface area contributed by atoms with Crippen LogP contribution in [0.25, 0.3) is 105 Å². The maximum atomic E-state index is 5.43. The van der Waals surface area contributed by atoms with E-state index in [-0.39, 0.29) is 5.41 Å². The maximum Gasteiger partial charge on any atom is 0.238 e. The monoisotopic (exact) mass is 784 g/mol. The number of rotatable bonds is 4. The molecule has 0 unspecified atom stereocenters. The number of hydrogen-bond donors (Lipinski definition) is 0. The van der Waals surface area contributed by atoms with Crippen molar-refractivity contribution in [3.8, 4) is 51.0 Å². The van der Waals surface area contributed by atoms with Gasteiger partial charge >= 0.3 is 0 Å². The molecule has 0 saturated carbocycles. The lowest BCUT2D eigenvalue weighted by atomic mass is 9.78. The van der Waals surface area contributed by atoms with Crippen LogP contribution in [0.4, 0.5) is 0 Å². The number of fused-ring (bicyclic) bond motifs is 10. The number of aromatic nitrogens is 4. The molecule has 0 N–H and O–H groups in total. The molecule has 2 heterocycles. The van der Waals surface area contributed by atoms with Crippen LogP contribution >= 0.6 is 0 Å². The number of nitrogens with zero attached hydrogens (tertiary/aromatic N) is 4. The van der Waals surface area contributed by atoms with Crippen molar-refractivity contribution >= 4 is 54.1 Å². The molecule has 61 heavy (non-hydrogen) atoms. The predicted molar refractivity (Wildman–Crippen MR) is 257 cm³/mol. The van der Waals surface area contributed by atoms with Crippen LogP contribution in [-0.4, -0.2) is 19.5 Å². The zero-order valence-corrected chi connectivity index (χ0v) is 34.8. The van der Waals surface area contributed by atoms with Crippen LogP contribution in [-0.2, 0) is 5.41 Å². The minimum atomic E-state index is -0.200. The van der Waals surface area contributed by atoms with E-state index in [1.54, 1.807) is 0 Å². The first-order valence-corrected chi connectivity index (χ1v) is 21.4. The number of para-hydroxylation sites is 1. The Morgan fingerprint density at radius 1 is 0.443 bits per heavy atom. The number of hydrogen-bond acceptors (Lipinski definition) is 3. The summed E-state index contributed by atoms with van der Waals surface area (Å²) in [6.45, 7) is 8.98. The smallest absolute Gasteiger partial charge is 0.238 e. The molecule has 1 aliphatic carbocycles. The first-order valence-electron chi connectivity index (χ1n) is 21.4. The van der Waals surface area contributed by atoms with E-state index in [4.69, 9.17) is 15.0 Å². The van der Waals surface area contributed by atoms with Crippen LogP contribution < -0.4 is 0 Å². The first-order chi connectivity index (χ1) is 29.9. The van der Waals surface area contributed by atoms with E-state index in [0.717, 1.165) is 43.9 Å². The van der Waals surface area contributed by atoms with Gasteiger partial charge in [-0.05, 0) is 78.3 Å². The standard InChI is InChI=1S/C54H36N4.C3H8/c1-54(2)46-24-10-9-19-41(46)42-20-11-21-43(49(42)54)44-22-12-23-45-48-40-18-8-7-15-35(40)29-30-47(48)58(50(44)45)53-56-51(38-27-25-33-13-3-5-16-36(33)31-38)55-52(57-53)39-28-26-34-14-4-6-17-37(34)32-39;1-3-2/h3-32H,1-2H3;3H2,1-2H3. The van der Waals surface area contributed by atoms with Crippen LogP contribution in [0.5, 0.6) is 0 Å². The van der Waals surface area contributed by atoms with Gasteiger partial charge < -0.3 is 0 Å². The van der Waals surface area contributed by atoms with Crippen molar-refractivity contribution in [3.05, 3.63) is 193 Å². The quantitative estimate of drug-likeness (QED) is 0.178. The van der Waals surface area contributed by atoms with Gasteiger partial charge in [0.1, 0.15) is 0 Å². The topological polar surface area (TPSA) is 43.6 Å². The normalized spacial score (nSPS) is 12.8. The Kier molecular flexibility index (Phi) is 8.64. The summed E-state index contributed by atoms with van der Waals surface area (Å²) in [4.78, 5) is 16.1. The van der Waals surface area contributed by atoms with Crippen LogP contribution in [0.2, 0.25) is 0 Å². The molecule has 0 saturated heterocycles. The summed E-state index contributed by atoms with van der Waals surface area (Å²) in [5, 5.41) is 9.37. The van der Waals surface area contributed by atoms with E-state index >= 15 is 0 Å². The minimum absolute atomic E-state index is 0.200. The summed E-state index contributed by atoms with van der Waals surface area (Å²) in [6.07, 6.45) is 1.25. The van der Waals surface area contributed by atoms with Crippen LogP contribution in [0.3, 0.4) is 0 Å². The SMILES string of the molecule is CC1(C)c2ccccc2-c2cccc(-c3cccc4c5c6ccccc6ccc5n(-c5nc(-c6ccc7ccccc7c6)nc(-c6ccc7ccccc7c6)n5)c34)c21.CCC. The van der Waals surface area contributed by atoms with Crippen molar-refractivity contribution in [1.29, 1.82) is 0 Å². The van der Waals surface area contributed by atoms with E-state index in [1.807, 2.05) is 0 Å². The van der Waals surface area contributed by atoms with Crippen molar-refractivity contribution < 1.29 is 0 Å². The minimum Gasteiger partial charge on any atom is -0.277 e. The number of benzene rings is 9. The first kappa shape index (κ1) is 36.6. The molecule has 0 atom stereocenters. The molecule has 9 aromatic carbocycles. The molecule has 0 fully saturated rings. The lowest BCUT2D eigenvalue weighted by Crippen LogP contribution is -2.16. The maximum absolute atomic E-state index is 5.43. The van der Waals surface area contributed by atoms with Gasteiger partial charge in [0.2, 0.25) is 5.95 Å². The van der Waals surface area contributed by atoms with Crippen molar-refractivity contribution in [3.63, 3.8) is 0 Å². The Labute approximate surface area is 355 Å². The van der Waals surface area contributed by atoms with E-state index in [1.165, 1.54) is 61.2 Å². The molecule has 0 bridgehead atoms. The van der Waals surface area contributed by atoms with E-state index in [9.17, 15) is 0 Å². The average Bonchev–Trinajstić information content (AvgIpc) is 3.78. The second-order valence-electron chi connectivity index (χ2n) is 16.7. The zero-order valence-electron chi connectivity index (χ0n) is 34.8. The third-order valence-corrected chi connectivity index (χ3v) is 12.4. The van der Waals surface area contributed by atoms with Gasteiger partial charge in [-0.25, -0.2) is 4.98 Å². The second-order valence-corrected chi connectivity index (χ2v) is 16.7. The van der Waals surface area contributed by atoms with Gasteiger partial charge in [-0.3, -0.25) is 4.57 Å². The highest BCUT2D eigenvalue weighted by Crippen LogP contribution is 2.53. The highest BCUT2D eigenvalue weighted by atomic mass is 15.2. The lowest BCUT2D eigenvalue weighted by Gasteiger charge is -2.25. The average molecular weight is 785 g/mol. The Hall–Kier alpha value is -7.43. The molecular weight excluding hydrogens is 741 g/mol. The molecule has 0 amide bonds. The predicted octanol–water partition coefficient (Wildman–Crippen LogP) is 15.2. The molecule has 4 heteroatoms. The van der Waals surface area contributed by atoms with Gasteiger partial charge in [0.05, 0.1) is 11.0 Å². The molecule has 12 rings (SSSR count). The highest BCUT2D eigenvalue weighted by molar-refractivity contribution is 6.23. The van der Waals surface area contributed by atoms with E-state index < -0.39 is 0 Å². The van der Waals surface area contributed by atoms with E-state index in [0.29, 0.717) is 17.6 Å². The van der Waals surface area contributed by atoms with Crippen molar-refractivity contribution in [2.24, 2.45) is 0 Å². The zero-order chi connectivity index (χ0) is 41.2. The Morgan fingerprint density at radius 2 is 0.934 bits per heavy atom. The van der Waals surface area contributed by atoms with Crippen molar-refractivity contribution in [1.82, 2.24) is 19.5 Å². The van der Waals surface area contributed by atoms with Crippen LogP contribution in [0.1, 0.15) is 45.2 Å². The fourth-order valence-corrected chi connectivity index (χ4v) is 9.71. The van der Waals surface area contributed by atoms with Gasteiger partial charge in [0.15, 0.2) is 11.6 Å². The van der Waals surface area contributed by atoms with Crippen LogP contribution in [0.15, 0.2) is 182 Å². The molecule has 0 spiro atoms. The molecule has 11 aromatic rings. The van der Waals surface area contributed by atoms with Crippen molar-refractivity contribution in [2.45, 2.75) is 39.5 Å². The molecule has 0 aliphatic heterocycles. The van der Waals surface area contributed by atoms with Gasteiger partial charge in [-0.1, -0.05) is 198 Å². The van der Waals surface area contributed by atoms with Gasteiger partial charge in [-0.2, -0.15) is 9.97 Å². The fourth-order valence-electron chi connectivity index (χ4n) is 9.71. The molecule has 4 nitrogen and oxygen atoms in total. The molecular formula is C57H44N4. The second kappa shape index (κ2) is 14.4. The van der Waals surface area contributed by atoms with Gasteiger partial charge in [-0.15, -0.1) is 0 Å². The van der Waals surface area contributed by atoms with Crippen LogP contribution in [0, 0.1) is 0 Å². The Morgan fingerprint density at radius 3 is 1.61 bits per heavy atom. The Bertz CT molecular complexity index is 3420. The lowest BCUT2D eigenvalue weighted by molar-refractivity contribution is 0.662. The van der Waals surface area contributed by atoms with Crippen molar-refractivity contribution in [2.75, 3.05) is 0 Å². The summed E-state index contributed by atoms with van der Waals surface area (Å²) >= 11 is 0. The third kappa shape index (κ3) is 5.85. The summed E-state index contributed by atoms with van der Waals surface area (Å²) in [6, 6.07) is 65.4. The summed E-state index contributed by atoms with van der Waals surface area (Å²) in [5.74, 6) is 1.84. The molecule has 2 aromatic heterocycles. The molecule has 1 aliphatic rings. The summed E-state index contributed by atoms with van der Waals surface area (Å²) < 4.78 is 2.30. The van der Waals surface area contributed by atoms with E-state index in [2.05, 4.69) is 214 Å². The molecule has 292 valence electrons. The third-order valence-electron chi connectivity index (χ3n) is 12.4. The van der Waals surface area contributed by atoms with Gasteiger partial charge in [0, 0.05) is 32.9 Å².